The number of alkyl halides is 2. The molecule has 1 aromatic carbocycles. The zero-order valence-electron chi connectivity index (χ0n) is 13.8. The molecule has 0 saturated heterocycles. The lowest BCUT2D eigenvalue weighted by atomic mass is 10.1. The molecule has 1 fully saturated rings. The van der Waals surface area contributed by atoms with Crippen molar-refractivity contribution in [2.45, 2.75) is 51.1 Å². The first-order valence-corrected chi connectivity index (χ1v) is 8.33. The fraction of sp³-hybridized carbons (Fsp3) is 0.579. The van der Waals surface area contributed by atoms with Gasteiger partial charge in [0.15, 0.2) is 0 Å². The maximum Gasteiger partial charge on any atom is 0.276 e. The second-order valence-electron chi connectivity index (χ2n) is 6.16. The first-order chi connectivity index (χ1) is 11.1. The number of unbranched alkanes of at least 4 members (excludes halogenated alkanes) is 4. The van der Waals surface area contributed by atoms with E-state index in [9.17, 15) is 8.78 Å². The topological polar surface area (TPSA) is 18.5 Å². The number of hydrogen-bond donors (Lipinski definition) is 0. The second-order valence-corrected chi connectivity index (χ2v) is 6.16. The van der Waals surface area contributed by atoms with Gasteiger partial charge in [-0.3, -0.25) is 0 Å². The number of ether oxygens (including phenoxy) is 2. The maximum absolute atomic E-state index is 13.0. The number of methoxy groups -OCH3 is 1. The molecule has 1 aliphatic carbocycles. The van der Waals surface area contributed by atoms with Gasteiger partial charge < -0.3 is 9.47 Å². The number of halogens is 2. The molecule has 0 spiro atoms. The summed E-state index contributed by atoms with van der Waals surface area (Å²) in [5, 5.41) is 0. The summed E-state index contributed by atoms with van der Waals surface area (Å²) in [5.41, 5.74) is 1.26. The highest BCUT2D eigenvalue weighted by atomic mass is 19.3. The van der Waals surface area contributed by atoms with Crippen LogP contribution in [0.3, 0.4) is 0 Å². The Labute approximate surface area is 137 Å². The van der Waals surface area contributed by atoms with Crippen LogP contribution in [0.25, 0.3) is 0 Å². The van der Waals surface area contributed by atoms with Crippen molar-refractivity contribution >= 4 is 0 Å². The normalized spacial score (nSPS) is 18.9. The van der Waals surface area contributed by atoms with Crippen LogP contribution in [0.1, 0.15) is 44.1 Å². The maximum atomic E-state index is 13.0. The SMILES string of the molecule is C=C1C(CCCCCCCOCc2ccc(OC)cc2)C1(F)F. The third-order valence-corrected chi connectivity index (χ3v) is 4.41. The van der Waals surface area contributed by atoms with Crippen LogP contribution in [-0.4, -0.2) is 19.6 Å². The van der Waals surface area contributed by atoms with E-state index in [2.05, 4.69) is 6.58 Å². The minimum absolute atomic E-state index is 0.129. The van der Waals surface area contributed by atoms with E-state index in [0.717, 1.165) is 50.0 Å². The predicted octanol–water partition coefficient (Wildman–Crippen LogP) is 5.37. The monoisotopic (exact) mass is 324 g/mol. The number of hydrogen-bond acceptors (Lipinski definition) is 2. The minimum Gasteiger partial charge on any atom is -0.497 e. The van der Waals surface area contributed by atoms with Gasteiger partial charge in [0.05, 0.1) is 19.6 Å². The first-order valence-electron chi connectivity index (χ1n) is 8.33. The zero-order chi connectivity index (χ0) is 16.7. The highest BCUT2D eigenvalue weighted by Crippen LogP contribution is 2.56. The summed E-state index contributed by atoms with van der Waals surface area (Å²) >= 11 is 0. The lowest BCUT2D eigenvalue weighted by molar-refractivity contribution is 0.106. The minimum atomic E-state index is -2.57. The van der Waals surface area contributed by atoms with E-state index in [1.54, 1.807) is 7.11 Å². The van der Waals surface area contributed by atoms with E-state index in [0.29, 0.717) is 13.0 Å². The molecule has 2 nitrogen and oxygen atoms in total. The van der Waals surface area contributed by atoms with Crippen LogP contribution >= 0.6 is 0 Å². The van der Waals surface area contributed by atoms with Crippen LogP contribution in [0.5, 0.6) is 5.75 Å². The van der Waals surface area contributed by atoms with Crippen molar-refractivity contribution in [2.75, 3.05) is 13.7 Å². The van der Waals surface area contributed by atoms with Gasteiger partial charge in [0.25, 0.3) is 5.92 Å². The van der Waals surface area contributed by atoms with Crippen molar-refractivity contribution in [3.63, 3.8) is 0 Å². The second kappa shape index (κ2) is 8.44. The zero-order valence-corrected chi connectivity index (χ0v) is 13.8. The van der Waals surface area contributed by atoms with Crippen LogP contribution in [0.2, 0.25) is 0 Å². The van der Waals surface area contributed by atoms with Gasteiger partial charge in [0.1, 0.15) is 5.75 Å². The van der Waals surface area contributed by atoms with Gasteiger partial charge in [-0.15, -0.1) is 0 Å². The lowest BCUT2D eigenvalue weighted by Crippen LogP contribution is -1.96. The van der Waals surface area contributed by atoms with E-state index in [1.165, 1.54) is 0 Å². The molecule has 2 rings (SSSR count). The Morgan fingerprint density at radius 2 is 1.65 bits per heavy atom. The molecule has 1 atom stereocenters. The molecule has 0 aliphatic heterocycles. The Morgan fingerprint density at radius 1 is 1.04 bits per heavy atom. The smallest absolute Gasteiger partial charge is 0.276 e. The van der Waals surface area contributed by atoms with E-state index in [4.69, 9.17) is 9.47 Å². The number of rotatable bonds is 11. The molecule has 23 heavy (non-hydrogen) atoms. The molecule has 1 unspecified atom stereocenters. The Morgan fingerprint density at radius 3 is 2.26 bits per heavy atom. The van der Waals surface area contributed by atoms with E-state index >= 15 is 0 Å². The molecule has 128 valence electrons. The van der Waals surface area contributed by atoms with Gasteiger partial charge in [0, 0.05) is 12.2 Å². The molecular weight excluding hydrogens is 298 g/mol. The number of allylic oxidation sites excluding steroid dienone is 1. The van der Waals surface area contributed by atoms with Crippen molar-refractivity contribution in [1.29, 1.82) is 0 Å². The molecule has 0 radical (unpaired) electrons. The summed E-state index contributed by atoms with van der Waals surface area (Å²) in [7, 11) is 1.65. The predicted molar refractivity (Wildman–Crippen MR) is 87.9 cm³/mol. The Bertz CT molecular complexity index is 497. The average molecular weight is 324 g/mol. The lowest BCUT2D eigenvalue weighted by Gasteiger charge is -2.06. The Kier molecular flexibility index (Phi) is 6.58. The van der Waals surface area contributed by atoms with Crippen LogP contribution in [0.4, 0.5) is 8.78 Å². The van der Waals surface area contributed by atoms with Crippen molar-refractivity contribution in [2.24, 2.45) is 5.92 Å². The molecule has 1 aromatic rings. The van der Waals surface area contributed by atoms with Gasteiger partial charge in [-0.05, 0) is 30.5 Å². The van der Waals surface area contributed by atoms with Crippen LogP contribution in [0, 0.1) is 5.92 Å². The molecule has 0 amide bonds. The molecule has 1 saturated carbocycles. The van der Waals surface area contributed by atoms with Crippen molar-refractivity contribution in [1.82, 2.24) is 0 Å². The highest BCUT2D eigenvalue weighted by Gasteiger charge is 2.60. The van der Waals surface area contributed by atoms with Crippen molar-refractivity contribution in [3.8, 4) is 5.75 Å². The standard InChI is InChI=1S/C19H26F2O2/c1-15-18(19(15,20)21)8-6-4-3-5-7-13-23-14-16-9-11-17(22-2)12-10-16/h9-12,18H,1,3-8,13-14H2,2H3. The largest absolute Gasteiger partial charge is 0.497 e. The van der Waals surface area contributed by atoms with Gasteiger partial charge in [-0.2, -0.15) is 0 Å². The molecule has 1 aliphatic rings. The molecular formula is C19H26F2O2. The first kappa shape index (κ1) is 17.9. The van der Waals surface area contributed by atoms with Crippen LogP contribution in [0.15, 0.2) is 36.4 Å². The van der Waals surface area contributed by atoms with Crippen molar-refractivity contribution < 1.29 is 18.3 Å². The van der Waals surface area contributed by atoms with Crippen LogP contribution < -0.4 is 4.74 Å². The Hall–Kier alpha value is -1.42. The summed E-state index contributed by atoms with van der Waals surface area (Å²) in [6, 6.07) is 7.86. The molecule has 0 N–H and O–H groups in total. The highest BCUT2D eigenvalue weighted by molar-refractivity contribution is 5.33. The third-order valence-electron chi connectivity index (χ3n) is 4.41. The Balaban J connectivity index is 1.41. The van der Waals surface area contributed by atoms with Crippen LogP contribution in [-0.2, 0) is 11.3 Å². The molecule has 0 bridgehead atoms. The van der Waals surface area contributed by atoms with E-state index in [-0.39, 0.29) is 5.57 Å². The van der Waals surface area contributed by atoms with Gasteiger partial charge in [0.2, 0.25) is 0 Å². The summed E-state index contributed by atoms with van der Waals surface area (Å²) in [4.78, 5) is 0. The van der Waals surface area contributed by atoms with Gasteiger partial charge in [-0.1, -0.05) is 44.4 Å². The summed E-state index contributed by atoms with van der Waals surface area (Å²) < 4.78 is 36.7. The number of benzene rings is 1. The van der Waals surface area contributed by atoms with Gasteiger partial charge in [-0.25, -0.2) is 8.78 Å². The van der Waals surface area contributed by atoms with E-state index < -0.39 is 11.8 Å². The quantitative estimate of drug-likeness (QED) is 0.402. The summed E-state index contributed by atoms with van der Waals surface area (Å²) in [6.07, 6.45) is 5.65. The fourth-order valence-electron chi connectivity index (χ4n) is 2.74. The van der Waals surface area contributed by atoms with Crippen molar-refractivity contribution in [3.05, 3.63) is 42.0 Å². The summed E-state index contributed by atoms with van der Waals surface area (Å²) in [5.74, 6) is -2.27. The summed E-state index contributed by atoms with van der Waals surface area (Å²) in [6.45, 7) is 4.76. The third kappa shape index (κ3) is 5.31. The van der Waals surface area contributed by atoms with E-state index in [1.807, 2.05) is 24.3 Å². The molecule has 4 heteroatoms. The fourth-order valence-corrected chi connectivity index (χ4v) is 2.74. The molecule has 0 heterocycles. The average Bonchev–Trinajstić information content (AvgIpc) is 3.03. The molecule has 0 aromatic heterocycles. The van der Waals surface area contributed by atoms with Gasteiger partial charge >= 0.3 is 0 Å².